The maximum atomic E-state index is 13.1. The van der Waals surface area contributed by atoms with Crippen LogP contribution in [0, 0.1) is 0 Å². The number of carbonyl (C=O) groups excluding carboxylic acids is 3. The molecule has 1 aromatic heterocycles. The second kappa shape index (κ2) is 13.9. The molecule has 1 saturated heterocycles. The monoisotopic (exact) mass is 564 g/mol. The summed E-state index contributed by atoms with van der Waals surface area (Å²) in [6.45, 7) is 4.85. The van der Waals surface area contributed by atoms with E-state index in [1.807, 2.05) is 0 Å². The van der Waals surface area contributed by atoms with Gasteiger partial charge >= 0.3 is 0 Å². The quantitative estimate of drug-likeness (QED) is 0.347. The zero-order valence-corrected chi connectivity index (χ0v) is 23.1. The van der Waals surface area contributed by atoms with Gasteiger partial charge in [-0.3, -0.25) is 28.6 Å². The Kier molecular flexibility index (Phi) is 10.1. The molecule has 1 aliphatic heterocycles. The number of aromatic nitrogens is 1. The summed E-state index contributed by atoms with van der Waals surface area (Å²) >= 11 is 5.92. The molecule has 0 unspecified atom stereocenters. The first kappa shape index (κ1) is 29.0. The van der Waals surface area contributed by atoms with Crippen LogP contribution >= 0.6 is 11.6 Å². The molecule has 2 heterocycles. The van der Waals surface area contributed by atoms with Crippen molar-refractivity contribution in [3.05, 3.63) is 93.9 Å². The highest BCUT2D eigenvalue weighted by atomic mass is 35.5. The number of hydrogen-bond acceptors (Lipinski definition) is 6. The highest BCUT2D eigenvalue weighted by Crippen LogP contribution is 2.14. The summed E-state index contributed by atoms with van der Waals surface area (Å²) < 4.78 is 1.46. The molecule has 1 atom stereocenters. The highest BCUT2D eigenvalue weighted by molar-refractivity contribution is 6.30. The van der Waals surface area contributed by atoms with E-state index in [1.165, 1.54) is 10.6 Å². The largest absolute Gasteiger partial charge is 0.353 e. The number of piperazine rings is 1. The molecule has 40 heavy (non-hydrogen) atoms. The molecule has 1 aliphatic rings. The van der Waals surface area contributed by atoms with Crippen LogP contribution in [0.4, 0.5) is 5.69 Å². The van der Waals surface area contributed by atoms with E-state index in [9.17, 15) is 19.2 Å². The van der Waals surface area contributed by atoms with Gasteiger partial charge in [-0.2, -0.15) is 0 Å². The fraction of sp³-hybridized carbons (Fsp3) is 0.310. The van der Waals surface area contributed by atoms with E-state index in [-0.39, 0.29) is 12.0 Å². The van der Waals surface area contributed by atoms with Crippen LogP contribution in [-0.4, -0.2) is 84.4 Å². The molecule has 3 aromatic rings. The number of carbonyl (C=O) groups is 3. The smallest absolute Gasteiger partial charge is 0.255 e. The normalized spacial score (nSPS) is 14.8. The average Bonchev–Trinajstić information content (AvgIpc) is 2.95. The van der Waals surface area contributed by atoms with E-state index in [4.69, 9.17) is 11.6 Å². The van der Waals surface area contributed by atoms with Crippen LogP contribution in [0.15, 0.2) is 77.7 Å². The second-order valence-corrected chi connectivity index (χ2v) is 10.1. The zero-order chi connectivity index (χ0) is 28.5. The third-order valence-electron chi connectivity index (χ3n) is 6.69. The number of amides is 3. The average molecular weight is 565 g/mol. The Morgan fingerprint density at radius 2 is 1.62 bits per heavy atom. The molecule has 0 saturated carbocycles. The lowest BCUT2D eigenvalue weighted by molar-refractivity contribution is -0.126. The van der Waals surface area contributed by atoms with Gasteiger partial charge in [0.05, 0.1) is 6.42 Å². The van der Waals surface area contributed by atoms with Crippen molar-refractivity contribution in [3.8, 4) is 5.69 Å². The maximum Gasteiger partial charge on any atom is 0.255 e. The Bertz CT molecular complexity index is 1370. The van der Waals surface area contributed by atoms with Crippen molar-refractivity contribution < 1.29 is 14.4 Å². The summed E-state index contributed by atoms with van der Waals surface area (Å²) in [5.41, 5.74) is 1.23. The second-order valence-electron chi connectivity index (χ2n) is 9.68. The van der Waals surface area contributed by atoms with Crippen LogP contribution in [0.2, 0.25) is 5.02 Å². The molecule has 11 heteroatoms. The Morgan fingerprint density at radius 1 is 0.925 bits per heavy atom. The lowest BCUT2D eigenvalue weighted by Gasteiger charge is -2.32. The van der Waals surface area contributed by atoms with Crippen LogP contribution in [0.5, 0.6) is 0 Å². The molecule has 0 aliphatic carbocycles. The molecule has 0 bridgehead atoms. The zero-order valence-electron chi connectivity index (χ0n) is 22.3. The summed E-state index contributed by atoms with van der Waals surface area (Å²) in [4.78, 5) is 55.6. The van der Waals surface area contributed by atoms with Crippen LogP contribution in [-0.2, 0) is 9.59 Å². The minimum Gasteiger partial charge on any atom is -0.353 e. The molecule has 4 rings (SSSR count). The van der Waals surface area contributed by atoms with Crippen molar-refractivity contribution in [1.29, 1.82) is 0 Å². The van der Waals surface area contributed by atoms with Crippen molar-refractivity contribution in [1.82, 2.24) is 25.0 Å². The number of benzene rings is 2. The summed E-state index contributed by atoms with van der Waals surface area (Å²) in [7, 11) is 2.08. The molecule has 0 spiro atoms. The van der Waals surface area contributed by atoms with E-state index in [0.717, 1.165) is 26.2 Å². The Hall–Kier alpha value is -3.99. The third kappa shape index (κ3) is 8.25. The predicted octanol–water partition coefficient (Wildman–Crippen LogP) is 1.98. The van der Waals surface area contributed by atoms with Gasteiger partial charge in [-0.1, -0.05) is 17.7 Å². The van der Waals surface area contributed by atoms with Gasteiger partial charge in [-0.15, -0.1) is 0 Å². The van der Waals surface area contributed by atoms with Gasteiger partial charge < -0.3 is 20.9 Å². The van der Waals surface area contributed by atoms with Crippen LogP contribution in [0.25, 0.3) is 5.69 Å². The first-order chi connectivity index (χ1) is 19.3. The van der Waals surface area contributed by atoms with Crippen molar-refractivity contribution in [2.75, 3.05) is 51.6 Å². The fourth-order valence-corrected chi connectivity index (χ4v) is 4.45. The number of rotatable bonds is 10. The molecule has 3 amide bonds. The molecule has 1 fully saturated rings. The summed E-state index contributed by atoms with van der Waals surface area (Å²) in [5, 5.41) is 8.84. The van der Waals surface area contributed by atoms with Crippen molar-refractivity contribution in [2.45, 2.75) is 12.5 Å². The Labute approximate surface area is 237 Å². The summed E-state index contributed by atoms with van der Waals surface area (Å²) in [6, 6.07) is 16.8. The van der Waals surface area contributed by atoms with Gasteiger partial charge in [0.2, 0.25) is 11.8 Å². The number of anilines is 1. The van der Waals surface area contributed by atoms with Gasteiger partial charge in [-0.25, -0.2) is 0 Å². The van der Waals surface area contributed by atoms with Crippen molar-refractivity contribution in [3.63, 3.8) is 0 Å². The van der Waals surface area contributed by atoms with Gasteiger partial charge in [-0.05, 0) is 61.6 Å². The molecule has 0 radical (unpaired) electrons. The van der Waals surface area contributed by atoms with Crippen molar-refractivity contribution >= 4 is 35.0 Å². The van der Waals surface area contributed by atoms with E-state index in [1.54, 1.807) is 66.9 Å². The van der Waals surface area contributed by atoms with Gasteiger partial charge in [0.25, 0.3) is 11.5 Å². The topological polar surface area (TPSA) is 116 Å². The molecular weight excluding hydrogens is 532 g/mol. The maximum absolute atomic E-state index is 13.1. The standard InChI is InChI=1S/C29H33ClN6O4/c1-34-16-18-35(19-17-34)15-13-31-29(40)25(20-26(37)32-23-9-7-22(30)8-10-23)33-28(39)21-5-11-24(12-6-21)36-14-3-2-4-27(36)38/h2-12,14,25H,13,15-20H2,1H3,(H,31,40)(H,32,37)(H,33,39)/t25-/m0/s1. The SMILES string of the molecule is CN1CCN(CCNC(=O)[C@H](CC(=O)Nc2ccc(Cl)cc2)NC(=O)c2ccc(-n3ccccc3=O)cc2)CC1. The number of halogens is 1. The van der Waals surface area contributed by atoms with Crippen LogP contribution < -0.4 is 21.5 Å². The molecule has 3 N–H and O–H groups in total. The van der Waals surface area contributed by atoms with Crippen LogP contribution in [0.1, 0.15) is 16.8 Å². The van der Waals surface area contributed by atoms with Gasteiger partial charge in [0.1, 0.15) is 6.04 Å². The summed E-state index contributed by atoms with van der Waals surface area (Å²) in [5.74, 6) is -1.38. The van der Waals surface area contributed by atoms with Crippen molar-refractivity contribution in [2.24, 2.45) is 0 Å². The molecule has 10 nitrogen and oxygen atoms in total. The number of pyridine rings is 1. The highest BCUT2D eigenvalue weighted by Gasteiger charge is 2.25. The third-order valence-corrected chi connectivity index (χ3v) is 6.94. The predicted molar refractivity (Wildman–Crippen MR) is 155 cm³/mol. The Balaban J connectivity index is 1.41. The summed E-state index contributed by atoms with van der Waals surface area (Å²) in [6.07, 6.45) is 1.38. The fourth-order valence-electron chi connectivity index (χ4n) is 4.33. The lowest BCUT2D eigenvalue weighted by Crippen LogP contribution is -2.51. The van der Waals surface area contributed by atoms with Gasteiger partial charge in [0, 0.05) is 73.5 Å². The number of likely N-dealkylation sites (N-methyl/N-ethyl adjacent to an activating group) is 1. The minimum absolute atomic E-state index is 0.195. The minimum atomic E-state index is -1.09. The van der Waals surface area contributed by atoms with E-state index in [2.05, 4.69) is 32.8 Å². The van der Waals surface area contributed by atoms with Crippen LogP contribution in [0.3, 0.4) is 0 Å². The van der Waals surface area contributed by atoms with E-state index >= 15 is 0 Å². The first-order valence-corrected chi connectivity index (χ1v) is 13.5. The van der Waals surface area contributed by atoms with E-state index < -0.39 is 23.8 Å². The molecule has 210 valence electrons. The first-order valence-electron chi connectivity index (χ1n) is 13.1. The number of hydrogen-bond donors (Lipinski definition) is 3. The Morgan fingerprint density at radius 3 is 2.30 bits per heavy atom. The molecule has 2 aromatic carbocycles. The van der Waals surface area contributed by atoms with Gasteiger partial charge in [0.15, 0.2) is 0 Å². The number of nitrogens with zero attached hydrogens (tertiary/aromatic N) is 3. The van der Waals surface area contributed by atoms with E-state index in [0.29, 0.717) is 35.1 Å². The lowest BCUT2D eigenvalue weighted by atomic mass is 10.1. The number of nitrogens with one attached hydrogen (secondary N) is 3. The molecular formula is C29H33ClN6O4.